The van der Waals surface area contributed by atoms with Gasteiger partial charge in [-0.25, -0.2) is 4.79 Å². The Kier molecular flexibility index (Phi) is 6.71. The number of cyclic esters (lactones) is 1. The van der Waals surface area contributed by atoms with Crippen molar-refractivity contribution in [1.82, 2.24) is 14.9 Å². The Hall–Kier alpha value is -3.92. The zero-order valence-electron chi connectivity index (χ0n) is 20.6. The second kappa shape index (κ2) is 10.4. The summed E-state index contributed by atoms with van der Waals surface area (Å²) in [6, 6.07) is 14.9. The van der Waals surface area contributed by atoms with Crippen molar-refractivity contribution in [1.29, 1.82) is 0 Å². The highest BCUT2D eigenvalue weighted by Crippen LogP contribution is 2.34. The van der Waals surface area contributed by atoms with Crippen LogP contribution in [0.5, 0.6) is 0 Å². The summed E-state index contributed by atoms with van der Waals surface area (Å²) in [6.07, 6.45) is 3.32. The molecule has 0 radical (unpaired) electrons. The predicted molar refractivity (Wildman–Crippen MR) is 145 cm³/mol. The number of benzene rings is 2. The molecule has 4 heterocycles. The molecule has 1 fully saturated rings. The number of nitrogens with one attached hydrogen (secondary N) is 2. The van der Waals surface area contributed by atoms with Crippen molar-refractivity contribution in [2.24, 2.45) is 5.10 Å². The van der Waals surface area contributed by atoms with Gasteiger partial charge in [-0.2, -0.15) is 10.1 Å². The van der Waals surface area contributed by atoms with Crippen LogP contribution >= 0.6 is 11.6 Å². The van der Waals surface area contributed by atoms with Gasteiger partial charge in [0.2, 0.25) is 0 Å². The van der Waals surface area contributed by atoms with Crippen LogP contribution in [0.2, 0.25) is 5.02 Å². The van der Waals surface area contributed by atoms with Gasteiger partial charge in [0.25, 0.3) is 5.91 Å². The molecule has 9 nitrogen and oxygen atoms in total. The van der Waals surface area contributed by atoms with Gasteiger partial charge in [0.1, 0.15) is 12.3 Å². The first kappa shape index (κ1) is 24.4. The lowest BCUT2D eigenvalue weighted by molar-refractivity contribution is -0.110. The van der Waals surface area contributed by atoms with Gasteiger partial charge in [-0.1, -0.05) is 29.8 Å². The predicted octanol–water partition coefficient (Wildman–Crippen LogP) is 4.35. The molecule has 0 unspecified atom stereocenters. The van der Waals surface area contributed by atoms with Gasteiger partial charge in [-0.3, -0.25) is 9.69 Å². The highest BCUT2D eigenvalue weighted by Gasteiger charge is 2.27. The molecule has 0 saturated carbocycles. The van der Waals surface area contributed by atoms with Crippen molar-refractivity contribution in [3.05, 3.63) is 87.7 Å². The molecule has 2 N–H and O–H groups in total. The van der Waals surface area contributed by atoms with E-state index >= 15 is 0 Å². The lowest BCUT2D eigenvalue weighted by Crippen LogP contribution is -2.35. The Morgan fingerprint density at radius 2 is 1.82 bits per heavy atom. The van der Waals surface area contributed by atoms with Crippen LogP contribution in [-0.2, 0) is 27.4 Å². The minimum atomic E-state index is -0.521. The summed E-state index contributed by atoms with van der Waals surface area (Å²) < 4.78 is 10.8. The molecule has 3 aliphatic heterocycles. The summed E-state index contributed by atoms with van der Waals surface area (Å²) in [6.45, 7) is 4.46. The highest BCUT2D eigenvalue weighted by atomic mass is 35.5. The van der Waals surface area contributed by atoms with E-state index in [4.69, 9.17) is 21.1 Å². The summed E-state index contributed by atoms with van der Waals surface area (Å²) >= 11 is 5.99. The molecule has 1 saturated heterocycles. The fourth-order valence-corrected chi connectivity index (χ4v) is 4.89. The second-order valence-electron chi connectivity index (χ2n) is 9.41. The molecule has 3 aliphatic rings. The molecule has 0 atom stereocenters. The first-order chi connectivity index (χ1) is 18.5. The fraction of sp³-hybridized carbons (Fsp3) is 0.250. The number of morpholine rings is 1. The molecule has 2 amide bonds. The average molecular weight is 532 g/mol. The Bertz CT molecular complexity index is 1440. The second-order valence-corrected chi connectivity index (χ2v) is 9.85. The Morgan fingerprint density at radius 3 is 2.63 bits per heavy atom. The Labute approximate surface area is 224 Å². The van der Waals surface area contributed by atoms with Crippen molar-refractivity contribution >= 4 is 46.6 Å². The third kappa shape index (κ3) is 5.22. The number of nitrogens with zero attached hydrogens (tertiary/aromatic N) is 3. The van der Waals surface area contributed by atoms with Crippen LogP contribution in [0.1, 0.15) is 27.9 Å². The summed E-state index contributed by atoms with van der Waals surface area (Å²) in [5.74, 6) is -0.165. The maximum absolute atomic E-state index is 12.8. The normalized spacial score (nSPS) is 18.8. The van der Waals surface area contributed by atoms with Crippen molar-refractivity contribution in [3.8, 4) is 0 Å². The van der Waals surface area contributed by atoms with Crippen LogP contribution in [0.15, 0.2) is 59.8 Å². The fourth-order valence-electron chi connectivity index (χ4n) is 4.76. The molecule has 194 valence electrons. The van der Waals surface area contributed by atoms with E-state index in [0.29, 0.717) is 16.3 Å². The van der Waals surface area contributed by atoms with E-state index in [1.54, 1.807) is 12.1 Å². The lowest BCUT2D eigenvalue weighted by atomic mass is 10.0. The Morgan fingerprint density at radius 1 is 1.00 bits per heavy atom. The van der Waals surface area contributed by atoms with E-state index in [2.05, 4.69) is 26.4 Å². The van der Waals surface area contributed by atoms with Crippen molar-refractivity contribution in [3.63, 3.8) is 0 Å². The number of ether oxygens (including phenoxy) is 2. The zero-order valence-corrected chi connectivity index (χ0v) is 21.3. The summed E-state index contributed by atoms with van der Waals surface area (Å²) in [4.78, 5) is 30.9. The minimum Gasteiger partial charge on any atom is -0.442 e. The zero-order chi connectivity index (χ0) is 26.1. The molecule has 3 aromatic rings. The number of H-pyrrole nitrogens is 1. The number of aromatic nitrogens is 1. The van der Waals surface area contributed by atoms with E-state index in [1.807, 2.05) is 42.6 Å². The van der Waals surface area contributed by atoms with Crippen LogP contribution in [0.3, 0.4) is 0 Å². The van der Waals surface area contributed by atoms with Crippen molar-refractivity contribution < 1.29 is 19.1 Å². The van der Waals surface area contributed by atoms with Gasteiger partial charge in [-0.05, 0) is 47.5 Å². The molecule has 6 rings (SSSR count). The third-order valence-electron chi connectivity index (χ3n) is 6.74. The van der Waals surface area contributed by atoms with Crippen LogP contribution < -0.4 is 5.32 Å². The summed E-state index contributed by atoms with van der Waals surface area (Å²) in [7, 11) is 0. The van der Waals surface area contributed by atoms with E-state index < -0.39 is 6.09 Å². The number of halogens is 1. The van der Waals surface area contributed by atoms with Crippen molar-refractivity contribution in [2.75, 3.05) is 38.2 Å². The number of hydrazone groups is 1. The quantitative estimate of drug-likeness (QED) is 0.461. The van der Waals surface area contributed by atoms with Crippen LogP contribution in [0.4, 0.5) is 10.5 Å². The van der Waals surface area contributed by atoms with E-state index in [-0.39, 0.29) is 19.1 Å². The van der Waals surface area contributed by atoms with Gasteiger partial charge >= 0.3 is 6.09 Å². The van der Waals surface area contributed by atoms with Gasteiger partial charge < -0.3 is 19.8 Å². The van der Waals surface area contributed by atoms with Gasteiger partial charge in [0, 0.05) is 53.4 Å². The summed E-state index contributed by atoms with van der Waals surface area (Å²) in [5, 5.41) is 9.37. The molecule has 0 aliphatic carbocycles. The largest absolute Gasteiger partial charge is 0.442 e. The Balaban J connectivity index is 1.21. The number of anilines is 1. The van der Waals surface area contributed by atoms with Crippen LogP contribution in [0.25, 0.3) is 11.6 Å². The summed E-state index contributed by atoms with van der Waals surface area (Å²) in [5.41, 5.74) is 6.38. The number of aromatic amines is 1. The number of amides is 2. The maximum Gasteiger partial charge on any atom is 0.431 e. The maximum atomic E-state index is 12.8. The monoisotopic (exact) mass is 531 g/mol. The number of fused-ring (bicyclic) bond motifs is 1. The molecular formula is C28H26ClN5O4. The molecule has 10 heteroatoms. The van der Waals surface area contributed by atoms with Gasteiger partial charge in [-0.15, -0.1) is 0 Å². The standard InChI is InChI=1S/C28H26ClN5O4/c29-21-4-2-20(3-5-21)26-17-38-28(36)34(32-26)16-18-1-6-25-23(12-18)24(27(35)31-25)13-22-11-19(14-30-22)15-33-7-9-37-10-8-33/h1-6,11-14,30H,7-10,15-17H2,(H,31,35). The molecule has 2 aromatic carbocycles. The topological polar surface area (TPSA) is 99.3 Å². The molecule has 1 aromatic heterocycles. The van der Waals surface area contributed by atoms with E-state index in [0.717, 1.165) is 66.5 Å². The number of hydrogen-bond acceptors (Lipinski definition) is 6. The number of hydrogen-bond donors (Lipinski definition) is 2. The average Bonchev–Trinajstić information content (AvgIpc) is 3.50. The molecular weight excluding hydrogens is 506 g/mol. The van der Waals surface area contributed by atoms with Crippen LogP contribution in [-0.4, -0.2) is 65.5 Å². The van der Waals surface area contributed by atoms with Crippen molar-refractivity contribution in [2.45, 2.75) is 13.1 Å². The number of rotatable bonds is 6. The number of carbonyl (C=O) groups is 2. The van der Waals surface area contributed by atoms with Gasteiger partial charge in [0.05, 0.1) is 25.3 Å². The first-order valence-corrected chi connectivity index (χ1v) is 12.8. The number of carbonyl (C=O) groups excluding carboxylic acids is 2. The molecule has 0 bridgehead atoms. The molecule has 0 spiro atoms. The van der Waals surface area contributed by atoms with E-state index in [1.165, 1.54) is 5.01 Å². The van der Waals surface area contributed by atoms with E-state index in [9.17, 15) is 9.59 Å². The van der Waals surface area contributed by atoms with Gasteiger partial charge in [0.15, 0.2) is 0 Å². The molecule has 38 heavy (non-hydrogen) atoms. The SMILES string of the molecule is O=C1Nc2ccc(CN3N=C(c4ccc(Cl)cc4)COC3=O)cc2C1=Cc1cc(CN2CCOCC2)c[nH]1. The first-order valence-electron chi connectivity index (χ1n) is 12.4. The van der Waals surface area contributed by atoms with Crippen LogP contribution in [0, 0.1) is 0 Å². The lowest BCUT2D eigenvalue weighted by Gasteiger charge is -2.25. The minimum absolute atomic E-state index is 0.0934. The highest BCUT2D eigenvalue weighted by molar-refractivity contribution is 6.34. The third-order valence-corrected chi connectivity index (χ3v) is 6.99. The smallest absolute Gasteiger partial charge is 0.431 e.